The average molecular weight is 364 g/mol. The molecule has 0 radical (unpaired) electrons. The Kier molecular flexibility index (Phi) is 5.60. The fraction of sp³-hybridized carbons (Fsp3) is 0.471. The first-order valence-electron chi connectivity index (χ1n) is 8.30. The van der Waals surface area contributed by atoms with E-state index in [0.717, 1.165) is 5.56 Å². The molecule has 9 heteroatoms. The lowest BCUT2D eigenvalue weighted by Crippen LogP contribution is -2.56. The number of hydrogen-bond donors (Lipinski definition) is 2. The van der Waals surface area contributed by atoms with Crippen LogP contribution in [0.15, 0.2) is 28.9 Å². The first kappa shape index (κ1) is 18.4. The smallest absolute Gasteiger partial charge is 0.239 e. The zero-order valence-corrected chi connectivity index (χ0v) is 14.4. The van der Waals surface area contributed by atoms with E-state index in [2.05, 4.69) is 20.3 Å². The minimum Gasteiger partial charge on any atom is -0.393 e. The lowest BCUT2D eigenvalue weighted by molar-refractivity contribution is -0.138. The van der Waals surface area contributed by atoms with Crippen molar-refractivity contribution >= 4 is 11.7 Å². The number of amides is 1. The number of rotatable bonds is 6. The van der Waals surface area contributed by atoms with Gasteiger partial charge in [0.1, 0.15) is 17.1 Å². The fourth-order valence-electron chi connectivity index (χ4n) is 3.01. The number of hydrogen-bond acceptors (Lipinski definition) is 7. The zero-order chi connectivity index (χ0) is 18.6. The molecule has 2 aromatic rings. The Morgan fingerprint density at radius 3 is 2.81 bits per heavy atom. The van der Waals surface area contributed by atoms with Crippen molar-refractivity contribution in [2.75, 3.05) is 38.2 Å². The summed E-state index contributed by atoms with van der Waals surface area (Å²) < 4.78 is 23.5. The van der Waals surface area contributed by atoms with Gasteiger partial charge in [-0.1, -0.05) is 17.3 Å². The standard InChI is InChI=1S/C17H21FN4O4/c1-12-16(21-26-20-12)19-15(24)9-22-6-7-25-17(10-22,11-23)8-13-2-4-14(18)5-3-13/h2-5,23H,6-11H2,1H3,(H,19,21,24)/t17-/m1/s1. The number of ether oxygens (including phenoxy) is 1. The molecule has 1 aromatic carbocycles. The summed E-state index contributed by atoms with van der Waals surface area (Å²) in [6.45, 7) is 2.94. The topological polar surface area (TPSA) is 101 Å². The van der Waals surface area contributed by atoms with E-state index in [-0.39, 0.29) is 24.9 Å². The van der Waals surface area contributed by atoms with Crippen LogP contribution >= 0.6 is 0 Å². The Morgan fingerprint density at radius 2 is 2.15 bits per heavy atom. The number of aromatic nitrogens is 2. The number of morpholine rings is 1. The summed E-state index contributed by atoms with van der Waals surface area (Å²) in [5, 5.41) is 19.8. The van der Waals surface area contributed by atoms with Crippen LogP contribution in [0.2, 0.25) is 0 Å². The minimum atomic E-state index is -0.832. The highest BCUT2D eigenvalue weighted by Gasteiger charge is 2.37. The van der Waals surface area contributed by atoms with Gasteiger partial charge in [0.2, 0.25) is 5.91 Å². The van der Waals surface area contributed by atoms with Crippen LogP contribution in [0, 0.1) is 12.7 Å². The number of nitrogens with one attached hydrogen (secondary N) is 1. The van der Waals surface area contributed by atoms with Gasteiger partial charge >= 0.3 is 0 Å². The molecule has 2 N–H and O–H groups in total. The first-order chi connectivity index (χ1) is 12.5. The molecule has 26 heavy (non-hydrogen) atoms. The van der Waals surface area contributed by atoms with Crippen molar-refractivity contribution < 1.29 is 23.7 Å². The maximum absolute atomic E-state index is 13.1. The monoisotopic (exact) mass is 364 g/mol. The van der Waals surface area contributed by atoms with Crippen LogP contribution in [0.1, 0.15) is 11.3 Å². The molecule has 0 saturated carbocycles. The third kappa shape index (κ3) is 4.43. The van der Waals surface area contributed by atoms with Crippen molar-refractivity contribution in [2.45, 2.75) is 18.9 Å². The molecule has 140 valence electrons. The maximum Gasteiger partial charge on any atom is 0.239 e. The van der Waals surface area contributed by atoms with E-state index in [4.69, 9.17) is 4.74 Å². The van der Waals surface area contributed by atoms with Gasteiger partial charge in [-0.25, -0.2) is 9.02 Å². The van der Waals surface area contributed by atoms with Gasteiger partial charge in [-0.05, 0) is 29.8 Å². The van der Waals surface area contributed by atoms with E-state index >= 15 is 0 Å². The van der Waals surface area contributed by atoms with Crippen molar-refractivity contribution in [1.82, 2.24) is 15.2 Å². The van der Waals surface area contributed by atoms with Gasteiger partial charge < -0.3 is 15.2 Å². The van der Waals surface area contributed by atoms with Crippen LogP contribution in [0.25, 0.3) is 0 Å². The molecule has 1 aromatic heterocycles. The van der Waals surface area contributed by atoms with Gasteiger partial charge in [-0.2, -0.15) is 0 Å². The molecule has 0 spiro atoms. The molecule has 1 fully saturated rings. The molecule has 8 nitrogen and oxygen atoms in total. The molecule has 1 aliphatic rings. The van der Waals surface area contributed by atoms with Crippen LogP contribution in [-0.2, 0) is 16.0 Å². The second-order valence-corrected chi connectivity index (χ2v) is 6.45. The highest BCUT2D eigenvalue weighted by Crippen LogP contribution is 2.23. The quantitative estimate of drug-likeness (QED) is 0.780. The molecule has 0 aliphatic carbocycles. The largest absolute Gasteiger partial charge is 0.393 e. The number of carbonyl (C=O) groups excluding carboxylic acids is 1. The number of halogens is 1. The Morgan fingerprint density at radius 1 is 1.38 bits per heavy atom. The Balaban J connectivity index is 1.62. The molecule has 3 rings (SSSR count). The van der Waals surface area contributed by atoms with Crippen LogP contribution in [0.4, 0.5) is 10.2 Å². The number of nitrogens with zero attached hydrogens (tertiary/aromatic N) is 3. The number of aryl methyl sites for hydroxylation is 1. The average Bonchev–Trinajstić information content (AvgIpc) is 3.02. The Labute approximate surface area is 149 Å². The van der Waals surface area contributed by atoms with E-state index in [1.54, 1.807) is 19.1 Å². The molecule has 0 bridgehead atoms. The van der Waals surface area contributed by atoms with Crippen LogP contribution in [0.3, 0.4) is 0 Å². The predicted molar refractivity (Wildman–Crippen MR) is 90.0 cm³/mol. The van der Waals surface area contributed by atoms with Crippen LogP contribution in [-0.4, -0.2) is 64.7 Å². The summed E-state index contributed by atoms with van der Waals surface area (Å²) in [5.74, 6) is -0.269. The number of anilines is 1. The number of aliphatic hydroxyl groups is 1. The van der Waals surface area contributed by atoms with Gasteiger partial charge in [0.05, 0.1) is 19.8 Å². The summed E-state index contributed by atoms with van der Waals surface area (Å²) in [6.07, 6.45) is 0.425. The van der Waals surface area contributed by atoms with Crippen molar-refractivity contribution in [3.05, 3.63) is 41.3 Å². The van der Waals surface area contributed by atoms with Gasteiger partial charge in [-0.15, -0.1) is 0 Å². The summed E-state index contributed by atoms with van der Waals surface area (Å²) in [4.78, 5) is 14.1. The summed E-state index contributed by atoms with van der Waals surface area (Å²) in [7, 11) is 0. The third-order valence-corrected chi connectivity index (χ3v) is 4.33. The summed E-state index contributed by atoms with van der Waals surface area (Å²) in [5.41, 5.74) is 0.527. The van der Waals surface area contributed by atoms with Crippen LogP contribution in [0.5, 0.6) is 0 Å². The maximum atomic E-state index is 13.1. The number of carbonyl (C=O) groups is 1. The van der Waals surface area contributed by atoms with E-state index < -0.39 is 5.60 Å². The Hall–Kier alpha value is -2.36. The van der Waals surface area contributed by atoms with Crippen molar-refractivity contribution in [1.29, 1.82) is 0 Å². The third-order valence-electron chi connectivity index (χ3n) is 4.33. The van der Waals surface area contributed by atoms with Crippen molar-refractivity contribution in [3.8, 4) is 0 Å². The summed E-state index contributed by atoms with van der Waals surface area (Å²) >= 11 is 0. The zero-order valence-electron chi connectivity index (χ0n) is 14.4. The molecule has 0 unspecified atom stereocenters. The number of aliphatic hydroxyl groups excluding tert-OH is 1. The highest BCUT2D eigenvalue weighted by atomic mass is 19.1. The lowest BCUT2D eigenvalue weighted by Gasteiger charge is -2.41. The lowest BCUT2D eigenvalue weighted by atomic mass is 9.93. The second kappa shape index (κ2) is 7.90. The molecular formula is C17H21FN4O4. The SMILES string of the molecule is Cc1nonc1NC(=O)CN1CCO[C@](CO)(Cc2ccc(F)cc2)C1. The van der Waals surface area contributed by atoms with Gasteiger partial charge in [0, 0.05) is 19.5 Å². The normalized spacial score (nSPS) is 20.9. The van der Waals surface area contributed by atoms with Crippen LogP contribution < -0.4 is 5.32 Å². The van der Waals surface area contributed by atoms with E-state index in [9.17, 15) is 14.3 Å². The van der Waals surface area contributed by atoms with E-state index in [1.807, 2.05) is 4.90 Å². The Bertz CT molecular complexity index is 751. The second-order valence-electron chi connectivity index (χ2n) is 6.45. The van der Waals surface area contributed by atoms with Crippen molar-refractivity contribution in [2.24, 2.45) is 0 Å². The van der Waals surface area contributed by atoms with E-state index in [0.29, 0.717) is 37.6 Å². The molecule has 1 atom stereocenters. The fourth-order valence-corrected chi connectivity index (χ4v) is 3.01. The molecule has 1 aliphatic heterocycles. The molecule has 2 heterocycles. The minimum absolute atomic E-state index is 0.126. The summed E-state index contributed by atoms with van der Waals surface area (Å²) in [6, 6.07) is 6.09. The van der Waals surface area contributed by atoms with Gasteiger partial charge in [0.15, 0.2) is 5.82 Å². The molecule has 1 saturated heterocycles. The molecule has 1 amide bonds. The van der Waals surface area contributed by atoms with Crippen molar-refractivity contribution in [3.63, 3.8) is 0 Å². The predicted octanol–water partition coefficient (Wildman–Crippen LogP) is 0.762. The van der Waals surface area contributed by atoms with Gasteiger partial charge in [0.25, 0.3) is 0 Å². The number of benzene rings is 1. The first-order valence-corrected chi connectivity index (χ1v) is 8.30. The van der Waals surface area contributed by atoms with E-state index in [1.165, 1.54) is 12.1 Å². The highest BCUT2D eigenvalue weighted by molar-refractivity contribution is 5.91. The van der Waals surface area contributed by atoms with Gasteiger partial charge in [-0.3, -0.25) is 9.69 Å². The molecular weight excluding hydrogens is 343 g/mol.